The molecular formula is C17H15BrFNO3. The second-order valence-electron chi connectivity index (χ2n) is 4.96. The summed E-state index contributed by atoms with van der Waals surface area (Å²) in [6, 6.07) is 10.6. The van der Waals surface area contributed by atoms with E-state index in [9.17, 15) is 14.0 Å². The Morgan fingerprint density at radius 2 is 1.96 bits per heavy atom. The molecule has 0 saturated heterocycles. The van der Waals surface area contributed by atoms with E-state index in [1.165, 1.54) is 25.1 Å². The van der Waals surface area contributed by atoms with E-state index >= 15 is 0 Å². The number of hydrogen-bond acceptors (Lipinski definition) is 3. The Morgan fingerprint density at radius 3 is 2.61 bits per heavy atom. The van der Waals surface area contributed by atoms with Crippen molar-refractivity contribution in [2.45, 2.75) is 20.0 Å². The molecule has 1 N–H and O–H groups in total. The lowest BCUT2D eigenvalue weighted by Crippen LogP contribution is -2.30. The van der Waals surface area contributed by atoms with Crippen LogP contribution in [0.25, 0.3) is 0 Å². The number of ketones is 1. The van der Waals surface area contributed by atoms with Crippen LogP contribution in [0, 0.1) is 5.82 Å². The molecule has 1 atom stereocenters. The van der Waals surface area contributed by atoms with Gasteiger partial charge in [0.05, 0.1) is 4.47 Å². The van der Waals surface area contributed by atoms with E-state index < -0.39 is 11.9 Å². The Hall–Kier alpha value is -2.21. The number of Topliss-reactive ketones (excluding diaryl/α,β-unsaturated/α-hetero) is 1. The van der Waals surface area contributed by atoms with Crippen molar-refractivity contribution in [1.82, 2.24) is 0 Å². The number of rotatable bonds is 5. The van der Waals surface area contributed by atoms with Crippen LogP contribution >= 0.6 is 15.9 Å². The third-order valence-electron chi connectivity index (χ3n) is 3.10. The fourth-order valence-corrected chi connectivity index (χ4v) is 2.32. The molecule has 0 aromatic heterocycles. The first-order valence-electron chi connectivity index (χ1n) is 6.90. The van der Waals surface area contributed by atoms with Gasteiger partial charge in [0.2, 0.25) is 0 Å². The number of carbonyl (C=O) groups excluding carboxylic acids is 2. The lowest BCUT2D eigenvalue weighted by atomic mass is 10.1. The van der Waals surface area contributed by atoms with E-state index in [-0.39, 0.29) is 11.7 Å². The topological polar surface area (TPSA) is 55.4 Å². The predicted molar refractivity (Wildman–Crippen MR) is 89.3 cm³/mol. The quantitative estimate of drug-likeness (QED) is 0.792. The SMILES string of the molecule is CC(=O)c1cccc(NC(=O)[C@@H](C)Oc2ccc(F)cc2Br)c1. The molecule has 0 bridgehead atoms. The standard InChI is InChI=1S/C17H15BrFNO3/c1-10(21)12-4-3-5-14(8-12)20-17(22)11(2)23-16-7-6-13(19)9-15(16)18/h3-9,11H,1-2H3,(H,20,22)/t11-/m1/s1. The largest absolute Gasteiger partial charge is 0.480 e. The maximum absolute atomic E-state index is 13.0. The third kappa shape index (κ3) is 4.63. The van der Waals surface area contributed by atoms with E-state index in [2.05, 4.69) is 21.2 Å². The van der Waals surface area contributed by atoms with E-state index in [1.807, 2.05) is 0 Å². The molecular weight excluding hydrogens is 365 g/mol. The Bertz CT molecular complexity index is 748. The van der Waals surface area contributed by atoms with Gasteiger partial charge in [-0.1, -0.05) is 12.1 Å². The first kappa shape index (κ1) is 17.1. The van der Waals surface area contributed by atoms with Gasteiger partial charge in [0.1, 0.15) is 11.6 Å². The van der Waals surface area contributed by atoms with Crippen LogP contribution in [0.1, 0.15) is 24.2 Å². The molecule has 0 spiro atoms. The van der Waals surface area contributed by atoms with Gasteiger partial charge < -0.3 is 10.1 Å². The van der Waals surface area contributed by atoms with Crippen LogP contribution in [0.15, 0.2) is 46.9 Å². The third-order valence-corrected chi connectivity index (χ3v) is 3.72. The van der Waals surface area contributed by atoms with Crippen molar-refractivity contribution >= 4 is 33.3 Å². The van der Waals surface area contributed by atoms with Crippen molar-refractivity contribution in [3.05, 3.63) is 58.3 Å². The molecule has 120 valence electrons. The summed E-state index contributed by atoms with van der Waals surface area (Å²) < 4.78 is 19.0. The van der Waals surface area contributed by atoms with E-state index in [0.717, 1.165) is 0 Å². The van der Waals surface area contributed by atoms with Crippen LogP contribution < -0.4 is 10.1 Å². The van der Waals surface area contributed by atoms with Gasteiger partial charge in [-0.2, -0.15) is 0 Å². The lowest BCUT2D eigenvalue weighted by Gasteiger charge is -2.16. The summed E-state index contributed by atoms with van der Waals surface area (Å²) in [7, 11) is 0. The average molecular weight is 380 g/mol. The molecule has 6 heteroatoms. The van der Waals surface area contributed by atoms with Gasteiger partial charge in [-0.05, 0) is 60.1 Å². The number of amides is 1. The molecule has 0 aliphatic rings. The first-order valence-corrected chi connectivity index (χ1v) is 7.69. The van der Waals surface area contributed by atoms with Crippen molar-refractivity contribution in [2.75, 3.05) is 5.32 Å². The Balaban J connectivity index is 2.05. The van der Waals surface area contributed by atoms with Crippen molar-refractivity contribution in [3.63, 3.8) is 0 Å². The Morgan fingerprint density at radius 1 is 1.22 bits per heavy atom. The summed E-state index contributed by atoms with van der Waals surface area (Å²) in [4.78, 5) is 23.5. The lowest BCUT2D eigenvalue weighted by molar-refractivity contribution is -0.122. The smallest absolute Gasteiger partial charge is 0.265 e. The number of ether oxygens (including phenoxy) is 1. The normalized spacial score (nSPS) is 11.7. The average Bonchev–Trinajstić information content (AvgIpc) is 2.50. The van der Waals surface area contributed by atoms with Crippen LogP contribution in [-0.2, 0) is 4.79 Å². The summed E-state index contributed by atoms with van der Waals surface area (Å²) in [5.41, 5.74) is 1.02. The molecule has 2 aromatic carbocycles. The molecule has 0 aliphatic carbocycles. The second kappa shape index (κ2) is 7.37. The van der Waals surface area contributed by atoms with Crippen molar-refractivity contribution in [2.24, 2.45) is 0 Å². The van der Waals surface area contributed by atoms with Crippen LogP contribution in [-0.4, -0.2) is 17.8 Å². The minimum atomic E-state index is -0.794. The summed E-state index contributed by atoms with van der Waals surface area (Å²) in [5.74, 6) is -0.489. The van der Waals surface area contributed by atoms with Gasteiger partial charge in [-0.25, -0.2) is 4.39 Å². The van der Waals surface area contributed by atoms with Crippen LogP contribution in [0.4, 0.5) is 10.1 Å². The molecule has 2 aromatic rings. The van der Waals surface area contributed by atoms with Gasteiger partial charge in [0, 0.05) is 11.3 Å². The summed E-state index contributed by atoms with van der Waals surface area (Å²) in [6.45, 7) is 3.04. The highest BCUT2D eigenvalue weighted by Gasteiger charge is 2.16. The molecule has 0 aliphatic heterocycles. The maximum Gasteiger partial charge on any atom is 0.265 e. The number of anilines is 1. The van der Waals surface area contributed by atoms with Gasteiger partial charge >= 0.3 is 0 Å². The Labute approximate surface area is 141 Å². The fourth-order valence-electron chi connectivity index (χ4n) is 1.87. The highest BCUT2D eigenvalue weighted by molar-refractivity contribution is 9.10. The zero-order valence-corrected chi connectivity index (χ0v) is 14.2. The minimum absolute atomic E-state index is 0.0827. The molecule has 0 fully saturated rings. The number of nitrogens with one attached hydrogen (secondary N) is 1. The van der Waals surface area contributed by atoms with Crippen molar-refractivity contribution < 1.29 is 18.7 Å². The van der Waals surface area contributed by atoms with Gasteiger partial charge in [0.15, 0.2) is 11.9 Å². The van der Waals surface area contributed by atoms with Crippen LogP contribution in [0.5, 0.6) is 5.75 Å². The minimum Gasteiger partial charge on any atom is -0.480 e. The number of hydrogen-bond donors (Lipinski definition) is 1. The summed E-state index contributed by atoms with van der Waals surface area (Å²) >= 11 is 3.18. The number of halogens is 2. The van der Waals surface area contributed by atoms with E-state index in [0.29, 0.717) is 21.5 Å². The maximum atomic E-state index is 13.0. The van der Waals surface area contributed by atoms with Crippen LogP contribution in [0.2, 0.25) is 0 Å². The summed E-state index contributed by atoms with van der Waals surface area (Å²) in [6.07, 6.45) is -0.794. The van der Waals surface area contributed by atoms with Crippen molar-refractivity contribution in [1.29, 1.82) is 0 Å². The van der Waals surface area contributed by atoms with E-state index in [1.54, 1.807) is 31.2 Å². The molecule has 2 rings (SSSR count). The molecule has 0 heterocycles. The van der Waals surface area contributed by atoms with Gasteiger partial charge in [-0.15, -0.1) is 0 Å². The predicted octanol–water partition coefficient (Wildman–Crippen LogP) is 4.20. The monoisotopic (exact) mass is 379 g/mol. The Kier molecular flexibility index (Phi) is 5.50. The van der Waals surface area contributed by atoms with E-state index in [4.69, 9.17) is 4.74 Å². The molecule has 1 amide bonds. The molecule has 0 radical (unpaired) electrons. The number of benzene rings is 2. The first-order chi connectivity index (χ1) is 10.9. The van der Waals surface area contributed by atoms with Gasteiger partial charge in [-0.3, -0.25) is 9.59 Å². The van der Waals surface area contributed by atoms with Crippen molar-refractivity contribution in [3.8, 4) is 5.75 Å². The molecule has 0 unspecified atom stereocenters. The molecule has 0 saturated carbocycles. The molecule has 23 heavy (non-hydrogen) atoms. The fraction of sp³-hybridized carbons (Fsp3) is 0.176. The zero-order chi connectivity index (χ0) is 17.0. The second-order valence-corrected chi connectivity index (χ2v) is 5.82. The number of carbonyl (C=O) groups is 2. The highest BCUT2D eigenvalue weighted by Crippen LogP contribution is 2.26. The molecule has 4 nitrogen and oxygen atoms in total. The summed E-state index contributed by atoms with van der Waals surface area (Å²) in [5, 5.41) is 2.68. The zero-order valence-electron chi connectivity index (χ0n) is 12.6. The van der Waals surface area contributed by atoms with Crippen LogP contribution in [0.3, 0.4) is 0 Å². The van der Waals surface area contributed by atoms with Gasteiger partial charge in [0.25, 0.3) is 5.91 Å². The highest BCUT2D eigenvalue weighted by atomic mass is 79.9.